The molecule has 3 rings (SSSR count). The summed E-state index contributed by atoms with van der Waals surface area (Å²) < 4.78 is 0. The molecule has 110 valence electrons. The van der Waals surface area contributed by atoms with Crippen LogP contribution in [0.2, 0.25) is 0 Å². The summed E-state index contributed by atoms with van der Waals surface area (Å²) in [6, 6.07) is 2.57. The van der Waals surface area contributed by atoms with E-state index in [9.17, 15) is 4.79 Å². The first-order chi connectivity index (χ1) is 9.65. The molecule has 0 bridgehead atoms. The maximum Gasteiger partial charge on any atom is 0.270 e. The van der Waals surface area contributed by atoms with Gasteiger partial charge in [0.1, 0.15) is 5.69 Å². The monoisotopic (exact) mass is 275 g/mol. The van der Waals surface area contributed by atoms with Gasteiger partial charge in [0, 0.05) is 24.8 Å². The molecule has 1 saturated carbocycles. The number of fused-ring (bicyclic) bond motifs is 1. The number of hydrogen-bond donors (Lipinski definition) is 1. The zero-order chi connectivity index (χ0) is 14.1. The number of nitrogens with one attached hydrogen (secondary N) is 1. The first-order valence-corrected chi connectivity index (χ1v) is 7.81. The highest BCUT2D eigenvalue weighted by atomic mass is 16.2. The Morgan fingerprint density at radius 3 is 2.65 bits per heavy atom. The Morgan fingerprint density at radius 2 is 2.00 bits per heavy atom. The van der Waals surface area contributed by atoms with Gasteiger partial charge in [0.2, 0.25) is 0 Å². The number of aromatic amines is 1. The Balaban J connectivity index is 1.73. The number of likely N-dealkylation sites (N-methyl/N-ethyl adjacent to an activating group) is 1. The van der Waals surface area contributed by atoms with E-state index in [0.29, 0.717) is 6.04 Å². The number of hydrogen-bond acceptors (Lipinski definition) is 2. The van der Waals surface area contributed by atoms with Crippen molar-refractivity contribution in [3.63, 3.8) is 0 Å². The zero-order valence-electron chi connectivity index (χ0n) is 12.6. The van der Waals surface area contributed by atoms with Crippen molar-refractivity contribution in [2.45, 2.75) is 44.6 Å². The number of carbonyl (C=O) groups is 1. The molecule has 1 aromatic heterocycles. The topological polar surface area (TPSA) is 39.3 Å². The highest BCUT2D eigenvalue weighted by molar-refractivity contribution is 5.93. The lowest BCUT2D eigenvalue weighted by atomic mass is 9.98. The molecule has 0 radical (unpaired) electrons. The smallest absolute Gasteiger partial charge is 0.270 e. The second-order valence-electron chi connectivity index (χ2n) is 6.43. The van der Waals surface area contributed by atoms with E-state index in [1.54, 1.807) is 0 Å². The molecule has 2 aliphatic rings. The second kappa shape index (κ2) is 5.60. The second-order valence-corrected chi connectivity index (χ2v) is 6.43. The Morgan fingerprint density at radius 1 is 1.25 bits per heavy atom. The van der Waals surface area contributed by atoms with Gasteiger partial charge in [0.15, 0.2) is 0 Å². The fourth-order valence-electron chi connectivity index (χ4n) is 3.02. The number of carbonyl (C=O) groups excluding carboxylic acids is 1. The number of nitrogens with zero attached hydrogens (tertiary/aromatic N) is 2. The van der Waals surface area contributed by atoms with E-state index in [0.717, 1.165) is 31.6 Å². The first kappa shape index (κ1) is 13.7. The summed E-state index contributed by atoms with van der Waals surface area (Å²) in [5.41, 5.74) is 3.47. The highest BCUT2D eigenvalue weighted by Gasteiger charge is 2.33. The normalized spacial score (nSPS) is 18.1. The molecule has 0 unspecified atom stereocenters. The van der Waals surface area contributed by atoms with Crippen LogP contribution in [0.1, 0.15) is 47.4 Å². The average Bonchev–Trinajstić information content (AvgIpc) is 3.16. The standard InChI is InChI=1S/C16H25N3O/c1-18(2)9-10-19(13-7-8-13)16(20)15-11-12-5-3-4-6-14(12)17-15/h11,13,17H,3-10H2,1-2H3. The molecule has 1 amide bonds. The largest absolute Gasteiger partial charge is 0.354 e. The summed E-state index contributed by atoms with van der Waals surface area (Å²) in [6.45, 7) is 1.77. The summed E-state index contributed by atoms with van der Waals surface area (Å²) in [5.74, 6) is 0.198. The Bertz CT molecular complexity index is 464. The van der Waals surface area contributed by atoms with Crippen LogP contribution < -0.4 is 0 Å². The SMILES string of the molecule is CN(C)CCN(C(=O)c1cc2c([nH]1)CCCC2)C1CC1. The van der Waals surface area contributed by atoms with Gasteiger partial charge in [-0.15, -0.1) is 0 Å². The number of rotatable bonds is 5. The number of amides is 1. The molecular formula is C16H25N3O. The van der Waals surface area contributed by atoms with Crippen LogP contribution in [0.25, 0.3) is 0 Å². The predicted octanol–water partition coefficient (Wildman–Crippen LogP) is 2.06. The van der Waals surface area contributed by atoms with Gasteiger partial charge in [-0.1, -0.05) is 0 Å². The van der Waals surface area contributed by atoms with Crippen molar-refractivity contribution in [3.05, 3.63) is 23.0 Å². The van der Waals surface area contributed by atoms with Crippen molar-refractivity contribution in [2.75, 3.05) is 27.2 Å². The molecule has 4 nitrogen and oxygen atoms in total. The lowest BCUT2D eigenvalue weighted by Gasteiger charge is -2.23. The third-order valence-electron chi connectivity index (χ3n) is 4.38. The minimum Gasteiger partial charge on any atom is -0.354 e. The molecule has 1 aromatic rings. The maximum atomic E-state index is 12.7. The fraction of sp³-hybridized carbons (Fsp3) is 0.688. The van der Waals surface area contributed by atoms with Crippen molar-refractivity contribution in [3.8, 4) is 0 Å². The van der Waals surface area contributed by atoms with Gasteiger partial charge in [0.05, 0.1) is 0 Å². The Hall–Kier alpha value is -1.29. The first-order valence-electron chi connectivity index (χ1n) is 7.81. The van der Waals surface area contributed by atoms with Crippen LogP contribution in [0, 0.1) is 0 Å². The molecule has 0 spiro atoms. The van der Waals surface area contributed by atoms with Crippen LogP contribution >= 0.6 is 0 Å². The van der Waals surface area contributed by atoms with Gasteiger partial charge in [0.25, 0.3) is 5.91 Å². The molecule has 20 heavy (non-hydrogen) atoms. The van der Waals surface area contributed by atoms with E-state index in [1.807, 2.05) is 0 Å². The summed E-state index contributed by atoms with van der Waals surface area (Å²) in [6.07, 6.45) is 7.06. The predicted molar refractivity (Wildman–Crippen MR) is 80.0 cm³/mol. The molecule has 0 aliphatic heterocycles. The number of aromatic nitrogens is 1. The summed E-state index contributed by atoms with van der Waals surface area (Å²) in [4.78, 5) is 20.3. The van der Waals surface area contributed by atoms with Crippen LogP contribution in [0.15, 0.2) is 6.07 Å². The lowest BCUT2D eigenvalue weighted by Crippen LogP contribution is -2.38. The van der Waals surface area contributed by atoms with Crippen LogP contribution in [-0.2, 0) is 12.8 Å². The van der Waals surface area contributed by atoms with Crippen molar-refractivity contribution in [2.24, 2.45) is 0 Å². The molecule has 0 atom stereocenters. The third-order valence-corrected chi connectivity index (χ3v) is 4.38. The summed E-state index contributed by atoms with van der Waals surface area (Å²) in [7, 11) is 4.12. The molecule has 1 heterocycles. The van der Waals surface area contributed by atoms with Crippen molar-refractivity contribution in [1.82, 2.24) is 14.8 Å². The minimum absolute atomic E-state index is 0.198. The van der Waals surface area contributed by atoms with Crippen LogP contribution in [0.3, 0.4) is 0 Å². The molecule has 4 heteroatoms. The zero-order valence-corrected chi connectivity index (χ0v) is 12.6. The Kier molecular flexibility index (Phi) is 3.83. The van der Waals surface area contributed by atoms with E-state index in [-0.39, 0.29) is 5.91 Å². The average molecular weight is 275 g/mol. The Labute approximate surface area is 121 Å². The van der Waals surface area contributed by atoms with E-state index in [4.69, 9.17) is 0 Å². The quantitative estimate of drug-likeness (QED) is 0.893. The van der Waals surface area contributed by atoms with E-state index in [2.05, 4.69) is 34.9 Å². The highest BCUT2D eigenvalue weighted by Crippen LogP contribution is 2.29. The summed E-state index contributed by atoms with van der Waals surface area (Å²) in [5, 5.41) is 0. The maximum absolute atomic E-state index is 12.7. The molecule has 2 aliphatic carbocycles. The van der Waals surface area contributed by atoms with E-state index < -0.39 is 0 Å². The van der Waals surface area contributed by atoms with E-state index >= 15 is 0 Å². The number of H-pyrrole nitrogens is 1. The lowest BCUT2D eigenvalue weighted by molar-refractivity contribution is 0.0726. The minimum atomic E-state index is 0.198. The molecule has 0 saturated heterocycles. The molecule has 0 aromatic carbocycles. The van der Waals surface area contributed by atoms with Gasteiger partial charge in [-0.2, -0.15) is 0 Å². The fourth-order valence-corrected chi connectivity index (χ4v) is 3.02. The van der Waals surface area contributed by atoms with Crippen molar-refractivity contribution >= 4 is 5.91 Å². The van der Waals surface area contributed by atoms with Crippen LogP contribution in [0.4, 0.5) is 0 Å². The molecule has 1 fully saturated rings. The van der Waals surface area contributed by atoms with Gasteiger partial charge in [-0.3, -0.25) is 4.79 Å². The van der Waals surface area contributed by atoms with Gasteiger partial charge in [-0.25, -0.2) is 0 Å². The summed E-state index contributed by atoms with van der Waals surface area (Å²) >= 11 is 0. The van der Waals surface area contributed by atoms with Crippen LogP contribution in [0.5, 0.6) is 0 Å². The van der Waals surface area contributed by atoms with Gasteiger partial charge < -0.3 is 14.8 Å². The number of aryl methyl sites for hydroxylation is 2. The van der Waals surface area contributed by atoms with Crippen LogP contribution in [-0.4, -0.2) is 53.9 Å². The van der Waals surface area contributed by atoms with Crippen molar-refractivity contribution in [1.29, 1.82) is 0 Å². The third kappa shape index (κ3) is 2.90. The molecule has 1 N–H and O–H groups in total. The van der Waals surface area contributed by atoms with Crippen molar-refractivity contribution < 1.29 is 4.79 Å². The van der Waals surface area contributed by atoms with Gasteiger partial charge in [-0.05, 0) is 64.3 Å². The molecular weight excluding hydrogens is 250 g/mol. The van der Waals surface area contributed by atoms with E-state index in [1.165, 1.54) is 36.9 Å². The van der Waals surface area contributed by atoms with Gasteiger partial charge >= 0.3 is 0 Å².